The van der Waals surface area contributed by atoms with Gasteiger partial charge in [-0.15, -0.1) is 0 Å². The van der Waals surface area contributed by atoms with Crippen LogP contribution in [-0.4, -0.2) is 7.11 Å². The molecule has 0 aromatic heterocycles. The highest BCUT2D eigenvalue weighted by Crippen LogP contribution is 2.28. The number of ether oxygens (including phenoxy) is 2. The van der Waals surface area contributed by atoms with E-state index in [0.717, 1.165) is 0 Å². The first-order chi connectivity index (χ1) is 8.71. The molecule has 0 saturated carbocycles. The zero-order chi connectivity index (χ0) is 13.0. The number of methoxy groups -OCH3 is 1. The second-order valence-corrected chi connectivity index (χ2v) is 3.68. The maximum Gasteiger partial charge on any atom is 0.133 e. The molecule has 0 heterocycles. The van der Waals surface area contributed by atoms with Crippen molar-refractivity contribution in [2.45, 2.75) is 0 Å². The van der Waals surface area contributed by atoms with Gasteiger partial charge < -0.3 is 15.2 Å². The first-order valence-electron chi connectivity index (χ1n) is 5.34. The fourth-order valence-electron chi connectivity index (χ4n) is 1.50. The van der Waals surface area contributed by atoms with Crippen molar-refractivity contribution in [2.75, 3.05) is 12.8 Å². The molecule has 0 fully saturated rings. The highest BCUT2D eigenvalue weighted by molar-refractivity contribution is 5.51. The summed E-state index contributed by atoms with van der Waals surface area (Å²) >= 11 is 0. The van der Waals surface area contributed by atoms with Gasteiger partial charge in [0.2, 0.25) is 0 Å². The van der Waals surface area contributed by atoms with Crippen molar-refractivity contribution < 1.29 is 9.47 Å². The summed E-state index contributed by atoms with van der Waals surface area (Å²) in [5.41, 5.74) is 6.89. The normalized spacial score (nSPS) is 9.56. The molecule has 0 amide bonds. The maximum absolute atomic E-state index is 8.70. The van der Waals surface area contributed by atoms with Crippen LogP contribution >= 0.6 is 0 Å². The number of nitriles is 1. The largest absolute Gasteiger partial charge is 0.497 e. The number of hydrogen-bond donors (Lipinski definition) is 1. The van der Waals surface area contributed by atoms with Gasteiger partial charge >= 0.3 is 0 Å². The highest BCUT2D eigenvalue weighted by Gasteiger charge is 2.02. The van der Waals surface area contributed by atoms with Crippen LogP contribution in [0.3, 0.4) is 0 Å². The molecule has 0 bridgehead atoms. The quantitative estimate of drug-likeness (QED) is 0.837. The van der Waals surface area contributed by atoms with E-state index in [-0.39, 0.29) is 0 Å². The lowest BCUT2D eigenvalue weighted by Crippen LogP contribution is -1.91. The first kappa shape index (κ1) is 11.8. The summed E-state index contributed by atoms with van der Waals surface area (Å²) in [4.78, 5) is 0. The Morgan fingerprint density at radius 3 is 2.28 bits per heavy atom. The summed E-state index contributed by atoms with van der Waals surface area (Å²) in [5, 5.41) is 8.70. The highest BCUT2D eigenvalue weighted by atomic mass is 16.5. The van der Waals surface area contributed by atoms with Crippen LogP contribution in [-0.2, 0) is 0 Å². The molecule has 4 heteroatoms. The van der Waals surface area contributed by atoms with Crippen molar-refractivity contribution in [2.24, 2.45) is 0 Å². The topological polar surface area (TPSA) is 68.3 Å². The van der Waals surface area contributed by atoms with Gasteiger partial charge in [0, 0.05) is 23.9 Å². The molecule has 0 aliphatic carbocycles. The Bertz CT molecular complexity index is 586. The molecule has 2 rings (SSSR count). The fraction of sp³-hybridized carbons (Fsp3) is 0.0714. The predicted molar refractivity (Wildman–Crippen MR) is 68.6 cm³/mol. The van der Waals surface area contributed by atoms with Crippen molar-refractivity contribution >= 4 is 5.69 Å². The molecule has 0 radical (unpaired) electrons. The summed E-state index contributed by atoms with van der Waals surface area (Å²) < 4.78 is 10.7. The standard InChI is InChI=1S/C14H12N2O2/c1-17-13-6-11(16)7-14(8-13)18-12-4-2-10(9-15)3-5-12/h2-8H,16H2,1H3. The summed E-state index contributed by atoms with van der Waals surface area (Å²) in [5.74, 6) is 1.87. The van der Waals surface area contributed by atoms with E-state index in [1.165, 1.54) is 0 Å². The molecule has 2 aromatic carbocycles. The van der Waals surface area contributed by atoms with Gasteiger partial charge in [0.25, 0.3) is 0 Å². The Balaban J connectivity index is 2.22. The van der Waals surface area contributed by atoms with E-state index < -0.39 is 0 Å². The SMILES string of the molecule is COc1cc(N)cc(Oc2ccc(C#N)cc2)c1. The summed E-state index contributed by atoms with van der Waals surface area (Å²) in [6.07, 6.45) is 0. The zero-order valence-corrected chi connectivity index (χ0v) is 9.88. The Hall–Kier alpha value is -2.67. The van der Waals surface area contributed by atoms with Crippen LogP contribution in [0.4, 0.5) is 5.69 Å². The van der Waals surface area contributed by atoms with Crippen LogP contribution in [0.2, 0.25) is 0 Å². The number of rotatable bonds is 3. The maximum atomic E-state index is 8.70. The number of nitrogens with two attached hydrogens (primary N) is 1. The molecule has 0 saturated heterocycles. The Kier molecular flexibility index (Phi) is 3.35. The van der Waals surface area contributed by atoms with Gasteiger partial charge in [-0.1, -0.05) is 0 Å². The Labute approximate surface area is 105 Å². The number of anilines is 1. The van der Waals surface area contributed by atoms with Crippen molar-refractivity contribution in [3.63, 3.8) is 0 Å². The molecule has 2 aromatic rings. The minimum atomic E-state index is 0.568. The first-order valence-corrected chi connectivity index (χ1v) is 5.34. The van der Waals surface area contributed by atoms with Gasteiger partial charge in [0.05, 0.1) is 18.7 Å². The zero-order valence-electron chi connectivity index (χ0n) is 9.88. The molecule has 2 N–H and O–H groups in total. The van der Waals surface area contributed by atoms with Crippen LogP contribution in [0.1, 0.15) is 5.56 Å². The van der Waals surface area contributed by atoms with Gasteiger partial charge in [0.1, 0.15) is 17.2 Å². The third-order valence-corrected chi connectivity index (χ3v) is 2.36. The molecular formula is C14H12N2O2. The van der Waals surface area contributed by atoms with Crippen LogP contribution in [0, 0.1) is 11.3 Å². The molecule has 0 aliphatic heterocycles. The molecular weight excluding hydrogens is 228 g/mol. The van der Waals surface area contributed by atoms with E-state index in [1.807, 2.05) is 6.07 Å². The lowest BCUT2D eigenvalue weighted by molar-refractivity contribution is 0.409. The van der Waals surface area contributed by atoms with Crippen molar-refractivity contribution in [3.05, 3.63) is 48.0 Å². The van der Waals surface area contributed by atoms with Gasteiger partial charge in [-0.3, -0.25) is 0 Å². The Morgan fingerprint density at radius 2 is 1.67 bits per heavy atom. The number of nitrogen functional groups attached to an aromatic ring is 1. The van der Waals surface area contributed by atoms with E-state index >= 15 is 0 Å². The van der Waals surface area contributed by atoms with E-state index in [9.17, 15) is 0 Å². The molecule has 0 atom stereocenters. The minimum absolute atomic E-state index is 0.568. The third kappa shape index (κ3) is 2.71. The van der Waals surface area contributed by atoms with Gasteiger partial charge in [-0.05, 0) is 24.3 Å². The number of hydrogen-bond acceptors (Lipinski definition) is 4. The minimum Gasteiger partial charge on any atom is -0.497 e. The summed E-state index contributed by atoms with van der Waals surface area (Å²) in [6.45, 7) is 0. The third-order valence-electron chi connectivity index (χ3n) is 2.36. The van der Waals surface area contributed by atoms with Crippen LogP contribution < -0.4 is 15.2 Å². The smallest absolute Gasteiger partial charge is 0.133 e. The van der Waals surface area contributed by atoms with Crippen LogP contribution in [0.5, 0.6) is 17.2 Å². The van der Waals surface area contributed by atoms with E-state index in [1.54, 1.807) is 49.6 Å². The van der Waals surface area contributed by atoms with Crippen LogP contribution in [0.25, 0.3) is 0 Å². The van der Waals surface area contributed by atoms with Crippen molar-refractivity contribution in [1.29, 1.82) is 5.26 Å². The lowest BCUT2D eigenvalue weighted by Gasteiger charge is -2.08. The lowest BCUT2D eigenvalue weighted by atomic mass is 10.2. The Morgan fingerprint density at radius 1 is 1.00 bits per heavy atom. The average Bonchev–Trinajstić information content (AvgIpc) is 2.39. The molecule has 0 unspecified atom stereocenters. The van der Waals surface area contributed by atoms with Gasteiger partial charge in [0.15, 0.2) is 0 Å². The predicted octanol–water partition coefficient (Wildman–Crippen LogP) is 2.94. The second kappa shape index (κ2) is 5.11. The van der Waals surface area contributed by atoms with Gasteiger partial charge in [-0.25, -0.2) is 0 Å². The molecule has 4 nitrogen and oxygen atoms in total. The van der Waals surface area contributed by atoms with Crippen molar-refractivity contribution in [3.8, 4) is 23.3 Å². The van der Waals surface area contributed by atoms with E-state index in [0.29, 0.717) is 28.5 Å². The van der Waals surface area contributed by atoms with Gasteiger partial charge in [-0.2, -0.15) is 5.26 Å². The molecule has 18 heavy (non-hydrogen) atoms. The second-order valence-electron chi connectivity index (χ2n) is 3.68. The number of nitrogens with zero attached hydrogens (tertiary/aromatic N) is 1. The molecule has 90 valence electrons. The van der Waals surface area contributed by atoms with E-state index in [4.69, 9.17) is 20.5 Å². The monoisotopic (exact) mass is 240 g/mol. The molecule has 0 aliphatic rings. The summed E-state index contributed by atoms with van der Waals surface area (Å²) in [7, 11) is 1.57. The van der Waals surface area contributed by atoms with E-state index in [2.05, 4.69) is 0 Å². The summed E-state index contributed by atoms with van der Waals surface area (Å²) in [6, 6.07) is 14.1. The van der Waals surface area contributed by atoms with Crippen LogP contribution in [0.15, 0.2) is 42.5 Å². The van der Waals surface area contributed by atoms with Crippen molar-refractivity contribution in [1.82, 2.24) is 0 Å². The number of benzene rings is 2. The fourth-order valence-corrected chi connectivity index (χ4v) is 1.50. The molecule has 0 spiro atoms. The average molecular weight is 240 g/mol.